The van der Waals surface area contributed by atoms with Gasteiger partial charge in [0.25, 0.3) is 0 Å². The maximum atomic E-state index is 5.51. The molecule has 1 aliphatic heterocycles. The molecule has 1 aliphatic carbocycles. The van der Waals surface area contributed by atoms with Crippen LogP contribution in [0, 0.1) is 5.92 Å². The van der Waals surface area contributed by atoms with Crippen molar-refractivity contribution in [3.63, 3.8) is 0 Å². The maximum absolute atomic E-state index is 5.51. The van der Waals surface area contributed by atoms with Crippen molar-refractivity contribution in [1.82, 2.24) is 10.9 Å². The minimum Gasteiger partial charge on any atom is -0.362 e. The molecule has 0 aromatic carbocycles. The molecule has 0 radical (unpaired) electrons. The van der Waals surface area contributed by atoms with Crippen molar-refractivity contribution in [2.45, 2.75) is 19.2 Å². The van der Waals surface area contributed by atoms with Gasteiger partial charge in [0.15, 0.2) is 0 Å². The lowest BCUT2D eigenvalue weighted by atomic mass is 9.96. The third-order valence-electron chi connectivity index (χ3n) is 2.27. The van der Waals surface area contributed by atoms with Gasteiger partial charge in [-0.05, 0) is 6.92 Å². The topological polar surface area (TPSA) is 33.3 Å². The molecule has 3 nitrogen and oxygen atoms in total. The van der Waals surface area contributed by atoms with Crippen LogP contribution in [0.15, 0.2) is 24.3 Å². The van der Waals surface area contributed by atoms with Gasteiger partial charge in [-0.2, -0.15) is 0 Å². The molecule has 66 valence electrons. The van der Waals surface area contributed by atoms with Crippen molar-refractivity contribution in [3.05, 3.63) is 24.3 Å². The van der Waals surface area contributed by atoms with Crippen molar-refractivity contribution >= 4 is 0 Å². The highest BCUT2D eigenvalue weighted by Gasteiger charge is 2.33. The lowest BCUT2D eigenvalue weighted by Crippen LogP contribution is -2.34. The van der Waals surface area contributed by atoms with E-state index in [9.17, 15) is 0 Å². The zero-order chi connectivity index (χ0) is 8.39. The summed E-state index contributed by atoms with van der Waals surface area (Å²) in [7, 11) is 0. The van der Waals surface area contributed by atoms with Crippen LogP contribution in [0.3, 0.4) is 0 Å². The van der Waals surface area contributed by atoms with Crippen LogP contribution in [-0.2, 0) is 4.74 Å². The number of rotatable bonds is 2. The largest absolute Gasteiger partial charge is 0.362 e. The summed E-state index contributed by atoms with van der Waals surface area (Å²) < 4.78 is 5.51. The van der Waals surface area contributed by atoms with Gasteiger partial charge in [0.1, 0.15) is 6.23 Å². The predicted octanol–water partition coefficient (Wildman–Crippen LogP) is 0.568. The zero-order valence-electron chi connectivity index (χ0n) is 7.16. The average molecular weight is 166 g/mol. The Morgan fingerprint density at radius 3 is 2.92 bits per heavy atom. The molecule has 0 bridgehead atoms. The molecular formula is C9H14N2O. The first kappa shape index (κ1) is 7.98. The Kier molecular flexibility index (Phi) is 2.26. The highest BCUT2D eigenvalue weighted by molar-refractivity contribution is 5.19. The van der Waals surface area contributed by atoms with Gasteiger partial charge in [-0.15, -0.1) is 0 Å². The van der Waals surface area contributed by atoms with Crippen LogP contribution in [-0.4, -0.2) is 18.9 Å². The molecular weight excluding hydrogens is 152 g/mol. The standard InChI is InChI=1S/C9H14N2O/c1-2-12-9-7-5-3-4-6-8(7)10-11-9/h3-11H,2H2,1H3. The number of hydrazine groups is 1. The van der Waals surface area contributed by atoms with E-state index >= 15 is 0 Å². The van der Waals surface area contributed by atoms with E-state index in [0.29, 0.717) is 12.0 Å². The average Bonchev–Trinajstić information content (AvgIpc) is 2.50. The molecule has 1 fully saturated rings. The Hall–Kier alpha value is -0.640. The quantitative estimate of drug-likeness (QED) is 0.629. The number of allylic oxidation sites excluding steroid dienone is 2. The molecule has 1 heterocycles. The molecule has 0 amide bonds. The molecule has 3 atom stereocenters. The van der Waals surface area contributed by atoms with Gasteiger partial charge in [-0.1, -0.05) is 24.3 Å². The number of hydrogen-bond acceptors (Lipinski definition) is 3. The Labute approximate surface area is 72.5 Å². The van der Waals surface area contributed by atoms with Gasteiger partial charge in [0.2, 0.25) is 0 Å². The first-order chi connectivity index (χ1) is 5.92. The van der Waals surface area contributed by atoms with E-state index in [2.05, 4.69) is 35.2 Å². The van der Waals surface area contributed by atoms with Gasteiger partial charge < -0.3 is 4.74 Å². The van der Waals surface area contributed by atoms with Gasteiger partial charge in [0.05, 0.1) is 0 Å². The van der Waals surface area contributed by atoms with Crippen LogP contribution < -0.4 is 10.9 Å². The molecule has 0 aromatic rings. The summed E-state index contributed by atoms with van der Waals surface area (Å²) in [5.74, 6) is 0.440. The minimum atomic E-state index is 0.126. The number of hydrogen-bond donors (Lipinski definition) is 2. The summed E-state index contributed by atoms with van der Waals surface area (Å²) in [5, 5.41) is 0. The SMILES string of the molecule is CCOC1NNC2C=CC=CC21. The first-order valence-corrected chi connectivity index (χ1v) is 4.39. The molecule has 0 saturated carbocycles. The number of ether oxygens (including phenoxy) is 1. The highest BCUT2D eigenvalue weighted by Crippen LogP contribution is 2.21. The van der Waals surface area contributed by atoms with Crippen molar-refractivity contribution in [2.24, 2.45) is 5.92 Å². The summed E-state index contributed by atoms with van der Waals surface area (Å²) in [6, 6.07) is 0.395. The Bertz CT molecular complexity index is 213. The predicted molar refractivity (Wildman–Crippen MR) is 47.2 cm³/mol. The normalized spacial score (nSPS) is 38.6. The van der Waals surface area contributed by atoms with E-state index in [1.165, 1.54) is 0 Å². The molecule has 3 heteroatoms. The van der Waals surface area contributed by atoms with Gasteiger partial charge in [0, 0.05) is 18.6 Å². The van der Waals surface area contributed by atoms with Crippen LogP contribution in [0.4, 0.5) is 0 Å². The number of nitrogens with one attached hydrogen (secondary N) is 2. The third kappa shape index (κ3) is 1.31. The summed E-state index contributed by atoms with van der Waals surface area (Å²) in [5.41, 5.74) is 6.31. The van der Waals surface area contributed by atoms with Crippen molar-refractivity contribution in [1.29, 1.82) is 0 Å². The molecule has 2 aliphatic rings. The van der Waals surface area contributed by atoms with Gasteiger partial charge in [-0.3, -0.25) is 0 Å². The Morgan fingerprint density at radius 2 is 2.08 bits per heavy atom. The van der Waals surface area contributed by atoms with E-state index < -0.39 is 0 Å². The molecule has 3 unspecified atom stereocenters. The smallest absolute Gasteiger partial charge is 0.128 e. The summed E-state index contributed by atoms with van der Waals surface area (Å²) in [6.07, 6.45) is 8.59. The van der Waals surface area contributed by atoms with Crippen molar-refractivity contribution in [3.8, 4) is 0 Å². The van der Waals surface area contributed by atoms with Crippen molar-refractivity contribution in [2.75, 3.05) is 6.61 Å². The van der Waals surface area contributed by atoms with E-state index in [1.54, 1.807) is 0 Å². The zero-order valence-corrected chi connectivity index (χ0v) is 7.16. The summed E-state index contributed by atoms with van der Waals surface area (Å²) in [6.45, 7) is 2.76. The fourth-order valence-electron chi connectivity index (χ4n) is 1.66. The van der Waals surface area contributed by atoms with E-state index in [0.717, 1.165) is 6.61 Å². The molecule has 0 spiro atoms. The first-order valence-electron chi connectivity index (χ1n) is 4.39. The molecule has 2 rings (SSSR count). The second-order valence-electron chi connectivity index (χ2n) is 3.04. The second kappa shape index (κ2) is 3.39. The lowest BCUT2D eigenvalue weighted by molar-refractivity contribution is 0.0300. The monoisotopic (exact) mass is 166 g/mol. The number of fused-ring (bicyclic) bond motifs is 1. The van der Waals surface area contributed by atoms with E-state index in [1.807, 2.05) is 6.92 Å². The maximum Gasteiger partial charge on any atom is 0.128 e. The minimum absolute atomic E-state index is 0.126. The third-order valence-corrected chi connectivity index (χ3v) is 2.27. The van der Waals surface area contributed by atoms with Crippen LogP contribution in [0.2, 0.25) is 0 Å². The summed E-state index contributed by atoms with van der Waals surface area (Å²) >= 11 is 0. The fourth-order valence-corrected chi connectivity index (χ4v) is 1.66. The Balaban J connectivity index is 2.03. The summed E-state index contributed by atoms with van der Waals surface area (Å²) in [4.78, 5) is 0. The van der Waals surface area contributed by atoms with Crippen molar-refractivity contribution < 1.29 is 4.74 Å². The van der Waals surface area contributed by atoms with Crippen LogP contribution in [0.5, 0.6) is 0 Å². The van der Waals surface area contributed by atoms with E-state index in [4.69, 9.17) is 4.74 Å². The van der Waals surface area contributed by atoms with Gasteiger partial charge in [-0.25, -0.2) is 10.9 Å². The molecule has 0 aromatic heterocycles. The highest BCUT2D eigenvalue weighted by atomic mass is 16.5. The van der Waals surface area contributed by atoms with Crippen LogP contribution in [0.1, 0.15) is 6.92 Å². The molecule has 2 N–H and O–H groups in total. The fraction of sp³-hybridized carbons (Fsp3) is 0.556. The van der Waals surface area contributed by atoms with Gasteiger partial charge >= 0.3 is 0 Å². The Morgan fingerprint density at radius 1 is 1.25 bits per heavy atom. The molecule has 1 saturated heterocycles. The second-order valence-corrected chi connectivity index (χ2v) is 3.04. The van der Waals surface area contributed by atoms with Crippen LogP contribution in [0.25, 0.3) is 0 Å². The lowest BCUT2D eigenvalue weighted by Gasteiger charge is -2.18. The van der Waals surface area contributed by atoms with Crippen LogP contribution >= 0.6 is 0 Å². The van der Waals surface area contributed by atoms with E-state index in [-0.39, 0.29) is 6.23 Å². The molecule has 12 heavy (non-hydrogen) atoms.